The summed E-state index contributed by atoms with van der Waals surface area (Å²) in [5.74, 6) is 1.67. The number of rotatable bonds is 7. The van der Waals surface area contributed by atoms with E-state index in [-0.39, 0.29) is 17.5 Å². The summed E-state index contributed by atoms with van der Waals surface area (Å²) in [5.41, 5.74) is 1.35. The van der Waals surface area contributed by atoms with Gasteiger partial charge in [0.25, 0.3) is 0 Å². The third-order valence-corrected chi connectivity index (χ3v) is 7.02. The molecule has 10 heteroatoms. The SMILES string of the molecule is COc1ccc(S(=O)(=O)NC[C@@H]2c3cc(OC)c(OC)cc3CCN2C(=O)NC(C)(C)C)cc1. The summed E-state index contributed by atoms with van der Waals surface area (Å²) >= 11 is 0. The van der Waals surface area contributed by atoms with E-state index < -0.39 is 21.6 Å². The fourth-order valence-electron chi connectivity index (χ4n) is 3.91. The molecule has 0 saturated carbocycles. The van der Waals surface area contributed by atoms with Crippen LogP contribution in [0.15, 0.2) is 41.3 Å². The van der Waals surface area contributed by atoms with Gasteiger partial charge in [-0.15, -0.1) is 0 Å². The predicted molar refractivity (Wildman–Crippen MR) is 129 cm³/mol. The minimum Gasteiger partial charge on any atom is -0.497 e. The van der Waals surface area contributed by atoms with Crippen molar-refractivity contribution in [1.29, 1.82) is 0 Å². The number of hydrogen-bond donors (Lipinski definition) is 2. The van der Waals surface area contributed by atoms with E-state index in [1.807, 2.05) is 32.9 Å². The molecule has 186 valence electrons. The zero-order chi connectivity index (χ0) is 25.1. The van der Waals surface area contributed by atoms with Crippen LogP contribution in [-0.2, 0) is 16.4 Å². The number of nitrogens with one attached hydrogen (secondary N) is 2. The van der Waals surface area contributed by atoms with Gasteiger partial charge in [-0.3, -0.25) is 0 Å². The molecule has 0 aromatic heterocycles. The molecule has 1 heterocycles. The van der Waals surface area contributed by atoms with Crippen molar-refractivity contribution in [2.75, 3.05) is 34.4 Å². The third-order valence-electron chi connectivity index (χ3n) is 5.58. The van der Waals surface area contributed by atoms with Gasteiger partial charge >= 0.3 is 6.03 Å². The van der Waals surface area contributed by atoms with Crippen molar-refractivity contribution in [3.8, 4) is 17.2 Å². The average Bonchev–Trinajstić information content (AvgIpc) is 2.80. The summed E-state index contributed by atoms with van der Waals surface area (Å²) in [7, 11) is 0.803. The normalized spacial score (nSPS) is 15.9. The molecule has 2 aromatic rings. The van der Waals surface area contributed by atoms with Crippen LogP contribution in [0.25, 0.3) is 0 Å². The molecule has 0 aliphatic carbocycles. The Kier molecular flexibility index (Phi) is 7.62. The van der Waals surface area contributed by atoms with Gasteiger partial charge in [0.2, 0.25) is 10.0 Å². The van der Waals surface area contributed by atoms with Crippen LogP contribution < -0.4 is 24.2 Å². The van der Waals surface area contributed by atoms with Crippen LogP contribution in [0.5, 0.6) is 17.2 Å². The molecular weight excluding hydrogens is 458 g/mol. The number of ether oxygens (including phenoxy) is 3. The van der Waals surface area contributed by atoms with Gasteiger partial charge in [0.05, 0.1) is 32.3 Å². The van der Waals surface area contributed by atoms with E-state index >= 15 is 0 Å². The number of urea groups is 1. The minimum absolute atomic E-state index is 0.00555. The Bertz CT molecular complexity index is 1130. The maximum Gasteiger partial charge on any atom is 0.318 e. The molecule has 0 unspecified atom stereocenters. The molecule has 1 atom stereocenters. The lowest BCUT2D eigenvalue weighted by atomic mass is 9.92. The number of carbonyl (C=O) groups is 1. The highest BCUT2D eigenvalue weighted by Gasteiger charge is 2.34. The molecule has 34 heavy (non-hydrogen) atoms. The smallest absolute Gasteiger partial charge is 0.318 e. The number of amides is 2. The standard InChI is InChI=1S/C24H33N3O6S/c1-24(2,3)26-23(28)27-12-11-16-13-21(32-5)22(33-6)14-19(16)20(27)15-25-34(29,30)18-9-7-17(31-4)8-10-18/h7-10,13-14,20,25H,11-12,15H2,1-6H3,(H,26,28)/t20-/m1/s1. The van der Waals surface area contributed by atoms with E-state index in [1.54, 1.807) is 31.3 Å². The Balaban J connectivity index is 1.95. The highest BCUT2D eigenvalue weighted by atomic mass is 32.2. The van der Waals surface area contributed by atoms with Gasteiger partial charge in [-0.2, -0.15) is 0 Å². The molecule has 2 N–H and O–H groups in total. The summed E-state index contributed by atoms with van der Waals surface area (Å²) in [6.45, 7) is 6.13. The third kappa shape index (κ3) is 5.74. The summed E-state index contributed by atoms with van der Waals surface area (Å²) in [6, 6.07) is 9.03. The Morgan fingerprint density at radius 1 is 1.03 bits per heavy atom. The van der Waals surface area contributed by atoms with Gasteiger partial charge in [0.15, 0.2) is 11.5 Å². The van der Waals surface area contributed by atoms with Crippen LogP contribution in [-0.4, -0.2) is 59.3 Å². The van der Waals surface area contributed by atoms with Crippen LogP contribution in [0.1, 0.15) is 37.9 Å². The predicted octanol–water partition coefficient (Wildman–Crippen LogP) is 3.10. The maximum atomic E-state index is 13.1. The minimum atomic E-state index is -3.82. The van der Waals surface area contributed by atoms with Crippen LogP contribution in [0.4, 0.5) is 4.79 Å². The molecule has 9 nitrogen and oxygen atoms in total. The first kappa shape index (κ1) is 25.6. The molecular formula is C24H33N3O6S. The molecule has 0 fully saturated rings. The monoisotopic (exact) mass is 491 g/mol. The molecule has 0 bridgehead atoms. The first-order valence-electron chi connectivity index (χ1n) is 11.0. The molecule has 1 aliphatic rings. The fourth-order valence-corrected chi connectivity index (χ4v) is 4.95. The molecule has 0 spiro atoms. The van der Waals surface area contributed by atoms with E-state index in [0.717, 1.165) is 11.1 Å². The lowest BCUT2D eigenvalue weighted by molar-refractivity contribution is 0.161. The lowest BCUT2D eigenvalue weighted by Gasteiger charge is -2.39. The Labute approximate surface area is 201 Å². The van der Waals surface area contributed by atoms with E-state index in [9.17, 15) is 13.2 Å². The molecule has 1 aliphatic heterocycles. The van der Waals surface area contributed by atoms with Gasteiger partial charge in [-0.1, -0.05) is 0 Å². The number of benzene rings is 2. The van der Waals surface area contributed by atoms with E-state index in [2.05, 4.69) is 10.0 Å². The summed E-state index contributed by atoms with van der Waals surface area (Å²) in [5, 5.41) is 2.98. The van der Waals surface area contributed by atoms with Crippen LogP contribution in [0, 0.1) is 0 Å². The second kappa shape index (κ2) is 10.1. The Hall–Kier alpha value is -2.98. The lowest BCUT2D eigenvalue weighted by Crippen LogP contribution is -2.53. The molecule has 2 amide bonds. The number of carbonyl (C=O) groups excluding carboxylic acids is 1. The van der Waals surface area contributed by atoms with E-state index in [1.165, 1.54) is 19.2 Å². The quantitative estimate of drug-likeness (QED) is 0.617. The van der Waals surface area contributed by atoms with Crippen molar-refractivity contribution in [2.24, 2.45) is 0 Å². The first-order chi connectivity index (χ1) is 16.0. The van der Waals surface area contributed by atoms with Crippen molar-refractivity contribution < 1.29 is 27.4 Å². The summed E-state index contributed by atoms with van der Waals surface area (Å²) in [6.07, 6.45) is 0.606. The Morgan fingerprint density at radius 3 is 2.21 bits per heavy atom. The van der Waals surface area contributed by atoms with Crippen LogP contribution in [0.2, 0.25) is 0 Å². The second-order valence-corrected chi connectivity index (χ2v) is 10.8. The van der Waals surface area contributed by atoms with Gasteiger partial charge in [0, 0.05) is 18.6 Å². The second-order valence-electron chi connectivity index (χ2n) is 9.07. The molecule has 2 aromatic carbocycles. The zero-order valence-corrected chi connectivity index (χ0v) is 21.3. The highest BCUT2D eigenvalue weighted by Crippen LogP contribution is 2.38. The fraction of sp³-hybridized carbons (Fsp3) is 0.458. The highest BCUT2D eigenvalue weighted by molar-refractivity contribution is 7.89. The van der Waals surface area contributed by atoms with Crippen molar-refractivity contribution in [1.82, 2.24) is 14.9 Å². The Morgan fingerprint density at radius 2 is 1.65 bits per heavy atom. The van der Waals surface area contributed by atoms with E-state index in [0.29, 0.717) is 30.2 Å². The number of hydrogen-bond acceptors (Lipinski definition) is 6. The number of methoxy groups -OCH3 is 3. The van der Waals surface area contributed by atoms with Gasteiger partial charge in [0.1, 0.15) is 5.75 Å². The first-order valence-corrected chi connectivity index (χ1v) is 12.4. The van der Waals surface area contributed by atoms with Crippen molar-refractivity contribution >= 4 is 16.1 Å². The molecule has 0 radical (unpaired) electrons. The summed E-state index contributed by atoms with van der Waals surface area (Å²) in [4.78, 5) is 14.9. The molecule has 0 saturated heterocycles. The van der Waals surface area contributed by atoms with Crippen LogP contribution in [0.3, 0.4) is 0 Å². The van der Waals surface area contributed by atoms with Gasteiger partial charge in [-0.05, 0) is 74.7 Å². The number of fused-ring (bicyclic) bond motifs is 1. The average molecular weight is 492 g/mol. The van der Waals surface area contributed by atoms with Crippen molar-refractivity contribution in [3.05, 3.63) is 47.5 Å². The summed E-state index contributed by atoms with van der Waals surface area (Å²) < 4.78 is 44.7. The van der Waals surface area contributed by atoms with Crippen molar-refractivity contribution in [2.45, 2.75) is 43.7 Å². The molecule has 3 rings (SSSR count). The van der Waals surface area contributed by atoms with Gasteiger partial charge in [-0.25, -0.2) is 17.9 Å². The van der Waals surface area contributed by atoms with E-state index in [4.69, 9.17) is 14.2 Å². The van der Waals surface area contributed by atoms with Crippen LogP contribution >= 0.6 is 0 Å². The maximum absolute atomic E-state index is 13.1. The van der Waals surface area contributed by atoms with Crippen molar-refractivity contribution in [3.63, 3.8) is 0 Å². The van der Waals surface area contributed by atoms with Gasteiger partial charge < -0.3 is 24.4 Å². The number of nitrogens with zero attached hydrogens (tertiary/aromatic N) is 1. The zero-order valence-electron chi connectivity index (χ0n) is 20.5. The largest absolute Gasteiger partial charge is 0.497 e. The number of sulfonamides is 1. The topological polar surface area (TPSA) is 106 Å².